The van der Waals surface area contributed by atoms with Gasteiger partial charge in [-0.25, -0.2) is 0 Å². The van der Waals surface area contributed by atoms with Crippen molar-refractivity contribution in [3.63, 3.8) is 0 Å². The van der Waals surface area contributed by atoms with E-state index in [1.807, 2.05) is 0 Å². The molecule has 28 heavy (non-hydrogen) atoms. The highest BCUT2D eigenvalue weighted by molar-refractivity contribution is 5.09. The minimum atomic E-state index is 0.0580. The smallest absolute Gasteiger partial charge is 0.0692 e. The lowest BCUT2D eigenvalue weighted by atomic mass is 9.53. The van der Waals surface area contributed by atoms with Crippen molar-refractivity contribution >= 4 is 0 Å². The maximum absolute atomic E-state index is 10.2. The van der Waals surface area contributed by atoms with Crippen LogP contribution in [0.3, 0.4) is 0 Å². The van der Waals surface area contributed by atoms with Crippen molar-refractivity contribution in [2.24, 2.45) is 35.0 Å². The lowest BCUT2D eigenvalue weighted by molar-refractivity contribution is 0.0146. The van der Waals surface area contributed by atoms with E-state index in [0.717, 1.165) is 29.6 Å². The Morgan fingerprint density at radius 1 is 0.750 bits per heavy atom. The Labute approximate surface area is 176 Å². The van der Waals surface area contributed by atoms with E-state index in [2.05, 4.69) is 19.9 Å². The van der Waals surface area contributed by atoms with Crippen molar-refractivity contribution in [3.05, 3.63) is 0 Å². The second-order valence-electron chi connectivity index (χ2n) is 10.9. The van der Waals surface area contributed by atoms with Gasteiger partial charge in [0.25, 0.3) is 0 Å². The molecular formula is C27H47N. The third kappa shape index (κ3) is 5.55. The van der Waals surface area contributed by atoms with E-state index in [9.17, 15) is 5.26 Å². The van der Waals surface area contributed by atoms with Crippen molar-refractivity contribution in [1.82, 2.24) is 0 Å². The Morgan fingerprint density at radius 2 is 1.46 bits per heavy atom. The molecule has 3 fully saturated rings. The van der Waals surface area contributed by atoms with Gasteiger partial charge in [0, 0.05) is 0 Å². The molecule has 0 radical (unpaired) electrons. The molecule has 0 aromatic heterocycles. The van der Waals surface area contributed by atoms with Gasteiger partial charge in [-0.15, -0.1) is 0 Å². The molecule has 3 aliphatic carbocycles. The minimum Gasteiger partial charge on any atom is -0.198 e. The number of hydrogen-bond donors (Lipinski definition) is 0. The van der Waals surface area contributed by atoms with E-state index in [0.29, 0.717) is 0 Å². The molecule has 0 bridgehead atoms. The van der Waals surface area contributed by atoms with Crippen LogP contribution in [0.25, 0.3) is 0 Å². The molecule has 1 unspecified atom stereocenters. The molecule has 1 heteroatoms. The van der Waals surface area contributed by atoms with Crippen molar-refractivity contribution in [1.29, 1.82) is 5.26 Å². The minimum absolute atomic E-state index is 0.0580. The number of fused-ring (bicyclic) bond motifs is 1. The molecule has 0 spiro atoms. The van der Waals surface area contributed by atoms with Crippen LogP contribution >= 0.6 is 0 Å². The second-order valence-corrected chi connectivity index (χ2v) is 10.9. The molecule has 4 atom stereocenters. The largest absolute Gasteiger partial charge is 0.198 e. The van der Waals surface area contributed by atoms with E-state index < -0.39 is 0 Å². The zero-order valence-electron chi connectivity index (χ0n) is 19.1. The number of unbranched alkanes of at least 4 members (excludes halogenated alkanes) is 4. The first-order chi connectivity index (χ1) is 13.7. The predicted octanol–water partition coefficient (Wildman–Crippen LogP) is 8.68. The van der Waals surface area contributed by atoms with Crippen LogP contribution in [-0.4, -0.2) is 0 Å². The van der Waals surface area contributed by atoms with E-state index in [1.54, 1.807) is 0 Å². The molecule has 3 aliphatic rings. The maximum Gasteiger partial charge on any atom is 0.0692 e. The van der Waals surface area contributed by atoms with Crippen LogP contribution in [0.1, 0.15) is 129 Å². The van der Waals surface area contributed by atoms with Crippen molar-refractivity contribution in [2.75, 3.05) is 0 Å². The third-order valence-corrected chi connectivity index (χ3v) is 9.12. The van der Waals surface area contributed by atoms with Gasteiger partial charge in [-0.3, -0.25) is 0 Å². The molecule has 0 aliphatic heterocycles. The molecule has 0 amide bonds. The molecule has 0 heterocycles. The van der Waals surface area contributed by atoms with Crippen LogP contribution in [0.5, 0.6) is 0 Å². The van der Waals surface area contributed by atoms with Gasteiger partial charge in [-0.1, -0.05) is 84.5 Å². The SMILES string of the molecule is CCCCCC[C@@H]1CC[C@@H]2CC(C3CCC(CCCC)CC3)CC[C@]2(C#N)C1. The normalized spacial score (nSPS) is 38.5. The van der Waals surface area contributed by atoms with Crippen LogP contribution in [0.2, 0.25) is 0 Å². The highest BCUT2D eigenvalue weighted by Gasteiger charge is 2.48. The average Bonchev–Trinajstić information content (AvgIpc) is 2.75. The Balaban J connectivity index is 1.47. The average molecular weight is 386 g/mol. The zero-order chi connectivity index (χ0) is 19.8. The zero-order valence-corrected chi connectivity index (χ0v) is 19.1. The first kappa shape index (κ1) is 22.2. The van der Waals surface area contributed by atoms with Gasteiger partial charge in [0.2, 0.25) is 0 Å². The Bertz CT molecular complexity index is 483. The summed E-state index contributed by atoms with van der Waals surface area (Å²) in [6.45, 7) is 4.63. The van der Waals surface area contributed by atoms with Crippen molar-refractivity contribution < 1.29 is 0 Å². The summed E-state index contributed by atoms with van der Waals surface area (Å²) in [5.41, 5.74) is 0.0580. The summed E-state index contributed by atoms with van der Waals surface area (Å²) in [5.74, 6) is 4.53. The monoisotopic (exact) mass is 385 g/mol. The number of rotatable bonds is 9. The standard InChI is InChI=1S/C27H47N/c1-3-5-7-8-10-23-13-16-26-19-25(17-18-27(26,20-23)21-28)24-14-11-22(12-15-24)9-6-4-2/h22-26H,3-20H2,1-2H3/t22?,23-,24?,25?,26-,27-/m1/s1. The molecule has 3 saturated carbocycles. The molecule has 0 N–H and O–H groups in total. The van der Waals surface area contributed by atoms with Gasteiger partial charge in [0.05, 0.1) is 11.5 Å². The van der Waals surface area contributed by atoms with Gasteiger partial charge < -0.3 is 0 Å². The van der Waals surface area contributed by atoms with Crippen molar-refractivity contribution in [3.8, 4) is 6.07 Å². The number of nitriles is 1. The highest BCUT2D eigenvalue weighted by atomic mass is 14.5. The van der Waals surface area contributed by atoms with Crippen LogP contribution in [0, 0.1) is 46.3 Å². The van der Waals surface area contributed by atoms with Crippen LogP contribution < -0.4 is 0 Å². The first-order valence-electron chi connectivity index (χ1n) is 13.1. The van der Waals surface area contributed by atoms with Crippen LogP contribution in [0.15, 0.2) is 0 Å². The molecule has 1 nitrogen and oxygen atoms in total. The lowest BCUT2D eigenvalue weighted by Gasteiger charge is -2.50. The molecule has 3 rings (SSSR count). The van der Waals surface area contributed by atoms with E-state index in [-0.39, 0.29) is 5.41 Å². The van der Waals surface area contributed by atoms with Crippen LogP contribution in [0.4, 0.5) is 0 Å². The first-order valence-corrected chi connectivity index (χ1v) is 13.1. The van der Waals surface area contributed by atoms with Gasteiger partial charge in [0.15, 0.2) is 0 Å². The van der Waals surface area contributed by atoms with E-state index in [1.165, 1.54) is 116 Å². The van der Waals surface area contributed by atoms with Crippen LogP contribution in [-0.2, 0) is 0 Å². The maximum atomic E-state index is 10.2. The fourth-order valence-corrected chi connectivity index (χ4v) is 7.24. The quantitative estimate of drug-likeness (QED) is 0.364. The fourth-order valence-electron chi connectivity index (χ4n) is 7.24. The molecule has 160 valence electrons. The number of nitrogens with zero attached hydrogens (tertiary/aromatic N) is 1. The molecule has 0 aromatic carbocycles. The third-order valence-electron chi connectivity index (χ3n) is 9.12. The summed E-state index contributed by atoms with van der Waals surface area (Å²) in [6, 6.07) is 2.90. The van der Waals surface area contributed by atoms with Gasteiger partial charge in [0.1, 0.15) is 0 Å². The van der Waals surface area contributed by atoms with Gasteiger partial charge in [-0.05, 0) is 74.5 Å². The predicted molar refractivity (Wildman–Crippen MR) is 120 cm³/mol. The second kappa shape index (κ2) is 11.0. The van der Waals surface area contributed by atoms with E-state index >= 15 is 0 Å². The number of hydrogen-bond acceptors (Lipinski definition) is 1. The summed E-state index contributed by atoms with van der Waals surface area (Å²) in [5, 5.41) is 10.2. The Morgan fingerprint density at radius 3 is 2.18 bits per heavy atom. The summed E-state index contributed by atoms with van der Waals surface area (Å²) < 4.78 is 0. The van der Waals surface area contributed by atoms with Crippen molar-refractivity contribution in [2.45, 2.75) is 129 Å². The Kier molecular flexibility index (Phi) is 8.74. The fraction of sp³-hybridized carbons (Fsp3) is 0.963. The summed E-state index contributed by atoms with van der Waals surface area (Å²) in [6.07, 6.45) is 25.1. The topological polar surface area (TPSA) is 23.8 Å². The van der Waals surface area contributed by atoms with Gasteiger partial charge in [-0.2, -0.15) is 5.26 Å². The molecule has 0 aromatic rings. The van der Waals surface area contributed by atoms with E-state index in [4.69, 9.17) is 0 Å². The Hall–Kier alpha value is -0.510. The summed E-state index contributed by atoms with van der Waals surface area (Å²) in [4.78, 5) is 0. The molecule has 0 saturated heterocycles. The van der Waals surface area contributed by atoms with Gasteiger partial charge >= 0.3 is 0 Å². The molecular weight excluding hydrogens is 338 g/mol. The summed E-state index contributed by atoms with van der Waals surface area (Å²) in [7, 11) is 0. The lowest BCUT2D eigenvalue weighted by Crippen LogP contribution is -2.42. The summed E-state index contributed by atoms with van der Waals surface area (Å²) >= 11 is 0. The highest BCUT2D eigenvalue weighted by Crippen LogP contribution is 2.56.